The Balaban J connectivity index is 0.976. The number of fused-ring (bicyclic) bond motifs is 1. The van der Waals surface area contributed by atoms with E-state index in [-0.39, 0.29) is 36.1 Å². The number of carbonyl (C=O) groups is 4. The number of aromatic nitrogens is 2. The fourth-order valence-electron chi connectivity index (χ4n) is 9.63. The van der Waals surface area contributed by atoms with Gasteiger partial charge in [-0.1, -0.05) is 187 Å². The number of esters is 2. The van der Waals surface area contributed by atoms with Crippen LogP contribution in [0, 0.1) is 0 Å². The summed E-state index contributed by atoms with van der Waals surface area (Å²) in [7, 11) is 0. The second-order valence-electron chi connectivity index (χ2n) is 19.4. The molecule has 1 fully saturated rings. The molecule has 2 atom stereocenters. The number of hydrogen-bond donors (Lipinski definition) is 3. The van der Waals surface area contributed by atoms with Gasteiger partial charge in [-0.05, 0) is 54.2 Å². The topological polar surface area (TPSA) is 173 Å². The van der Waals surface area contributed by atoms with Crippen LogP contribution < -0.4 is 16.0 Å². The molecule has 17 heteroatoms. The third-order valence-corrected chi connectivity index (χ3v) is 16.0. The van der Waals surface area contributed by atoms with Crippen LogP contribution in [0.4, 0.5) is 10.3 Å². The van der Waals surface area contributed by atoms with Crippen LogP contribution in [-0.4, -0.2) is 73.7 Å². The predicted molar refractivity (Wildman–Crippen MR) is 306 cm³/mol. The highest BCUT2D eigenvalue weighted by Crippen LogP contribution is 2.44. The summed E-state index contributed by atoms with van der Waals surface area (Å²) in [4.78, 5) is 72.0. The van der Waals surface area contributed by atoms with Crippen molar-refractivity contribution in [2.45, 2.75) is 62.4 Å². The highest BCUT2D eigenvalue weighted by atomic mass is 32.2. The van der Waals surface area contributed by atoms with E-state index in [0.29, 0.717) is 21.5 Å². The van der Waals surface area contributed by atoms with Crippen LogP contribution in [0.5, 0.6) is 0 Å². The van der Waals surface area contributed by atoms with Crippen molar-refractivity contribution >= 4 is 74.2 Å². The van der Waals surface area contributed by atoms with Gasteiger partial charge in [0.05, 0.1) is 5.69 Å². The number of anilines is 2. The lowest BCUT2D eigenvalue weighted by Gasteiger charge is -2.49. The third-order valence-electron chi connectivity index (χ3n) is 13.1. The van der Waals surface area contributed by atoms with E-state index < -0.39 is 51.8 Å². The van der Waals surface area contributed by atoms with E-state index in [0.717, 1.165) is 33.4 Å². The van der Waals surface area contributed by atoms with Crippen molar-refractivity contribution in [1.82, 2.24) is 20.2 Å². The molecule has 8 aromatic rings. The van der Waals surface area contributed by atoms with Gasteiger partial charge in [-0.2, -0.15) is 0 Å². The third kappa shape index (κ3) is 11.1. The maximum absolute atomic E-state index is 14.8. The molecule has 2 aliphatic heterocycles. The van der Waals surface area contributed by atoms with E-state index in [9.17, 15) is 19.2 Å². The normalized spacial score (nSPS) is 15.6. The quantitative estimate of drug-likeness (QED) is 0.0230. The van der Waals surface area contributed by atoms with Crippen LogP contribution >= 0.6 is 34.4 Å². The maximum atomic E-state index is 14.8. The molecule has 3 N–H and O–H groups in total. The number of carbonyl (C=O) groups excluding carboxylic acids is 4. The molecule has 2 aromatic heterocycles. The summed E-state index contributed by atoms with van der Waals surface area (Å²) in [5.41, 5.74) is 4.19. The minimum absolute atomic E-state index is 0.0118. The van der Waals surface area contributed by atoms with E-state index in [4.69, 9.17) is 24.3 Å². The molecule has 2 amide bonds. The highest BCUT2D eigenvalue weighted by molar-refractivity contribution is 8.00. The number of nitrogens with zero attached hydrogens (tertiary/aromatic N) is 4. The Hall–Kier alpha value is -8.38. The predicted octanol–water partition coefficient (Wildman–Crippen LogP) is 10.9. The zero-order valence-electron chi connectivity index (χ0n) is 43.1. The Labute approximate surface area is 464 Å². The number of amides is 2. The molecule has 4 heterocycles. The summed E-state index contributed by atoms with van der Waals surface area (Å²) >= 11 is 4.01. The molecule has 10 rings (SSSR count). The Kier molecular flexibility index (Phi) is 15.7. The van der Waals surface area contributed by atoms with Gasteiger partial charge in [-0.3, -0.25) is 19.3 Å². The number of rotatable bonds is 19. The van der Waals surface area contributed by atoms with Crippen molar-refractivity contribution in [3.8, 4) is 0 Å². The summed E-state index contributed by atoms with van der Waals surface area (Å²) < 4.78 is 11.0. The van der Waals surface area contributed by atoms with E-state index in [1.54, 1.807) is 26.2 Å². The first kappa shape index (κ1) is 53.0. The van der Waals surface area contributed by atoms with E-state index >= 15 is 0 Å². The van der Waals surface area contributed by atoms with Gasteiger partial charge in [0.1, 0.15) is 46.1 Å². The summed E-state index contributed by atoms with van der Waals surface area (Å²) in [6, 6.07) is 59.8. The van der Waals surface area contributed by atoms with Gasteiger partial charge in [0.25, 0.3) is 11.8 Å². The van der Waals surface area contributed by atoms with Gasteiger partial charge < -0.3 is 30.3 Å². The van der Waals surface area contributed by atoms with Crippen LogP contribution in [-0.2, 0) is 51.2 Å². The number of thioether (sulfide) groups is 1. The Morgan fingerprint density at radius 1 is 0.628 bits per heavy atom. The first-order chi connectivity index (χ1) is 37.8. The molecule has 0 aliphatic carbocycles. The van der Waals surface area contributed by atoms with E-state index in [1.165, 1.54) is 46.3 Å². The van der Waals surface area contributed by atoms with Gasteiger partial charge in [-0.15, -0.1) is 34.4 Å². The summed E-state index contributed by atoms with van der Waals surface area (Å²) in [5.74, 6) is -2.34. The number of thiazole rings is 2. The van der Waals surface area contributed by atoms with Crippen molar-refractivity contribution in [2.75, 3.05) is 23.0 Å². The van der Waals surface area contributed by atoms with Crippen LogP contribution in [0.1, 0.15) is 72.5 Å². The lowest BCUT2D eigenvalue weighted by atomic mass is 9.77. The maximum Gasteiger partial charge on any atom is 0.355 e. The second kappa shape index (κ2) is 23.1. The number of hydrogen-bond acceptors (Lipinski definition) is 15. The molecule has 78 heavy (non-hydrogen) atoms. The zero-order valence-corrected chi connectivity index (χ0v) is 45.6. The molecular formula is C61H55N7O7S3. The van der Waals surface area contributed by atoms with Crippen LogP contribution in [0.25, 0.3) is 0 Å². The first-order valence-corrected chi connectivity index (χ1v) is 28.0. The summed E-state index contributed by atoms with van der Waals surface area (Å²) in [6.07, 6.45) is 0. The van der Waals surface area contributed by atoms with Crippen LogP contribution in [0.15, 0.2) is 209 Å². The minimum Gasteiger partial charge on any atom is -0.461 e. The molecule has 0 spiro atoms. The monoisotopic (exact) mass is 1090 g/mol. The van der Waals surface area contributed by atoms with Crippen LogP contribution in [0.3, 0.4) is 0 Å². The smallest absolute Gasteiger partial charge is 0.355 e. The molecule has 1 saturated heterocycles. The number of benzene rings is 6. The number of β-lactam (4-membered cyclic amide) rings is 1. The standard InChI is InChI=1S/C61H55N7O7S3/c1-40(69)73-35-41-37-76-55-51(54(71)68(55)52(41)56(72)75-59(2,3)4)64-53(70)50(49-39-78-58(63-49)66-61(45-29-17-8-18-30-45,46-31-19-9-20-32-46)47-33-21-10-22-34-47)67-74-36-48-38-77-57(62-48)65-60(42-23-11-5-12-24-42,43-25-13-6-14-26-43)44-27-15-7-16-28-44/h5-34,38-39,51,55H,35-37H2,1-4H3,(H,62,65)(H,63,66)(H,64,70)/b67-50-/t51-,55-/m1/s1. The lowest BCUT2D eigenvalue weighted by Crippen LogP contribution is -2.71. The van der Waals surface area contributed by atoms with Crippen molar-refractivity contribution in [3.05, 3.63) is 249 Å². The lowest BCUT2D eigenvalue weighted by molar-refractivity contribution is -0.159. The molecule has 394 valence electrons. The van der Waals surface area contributed by atoms with Gasteiger partial charge in [0.2, 0.25) is 0 Å². The minimum atomic E-state index is -1.08. The zero-order chi connectivity index (χ0) is 54.3. The van der Waals surface area contributed by atoms with Crippen molar-refractivity contribution in [2.24, 2.45) is 5.16 Å². The average molecular weight is 1090 g/mol. The number of oxime groups is 1. The Bertz CT molecular complexity index is 3270. The van der Waals surface area contributed by atoms with Gasteiger partial charge in [-0.25, -0.2) is 14.8 Å². The number of nitrogens with one attached hydrogen (secondary N) is 3. The molecule has 0 bridgehead atoms. The molecule has 0 radical (unpaired) electrons. The fourth-order valence-corrected chi connectivity index (χ4v) is 12.5. The van der Waals surface area contributed by atoms with Crippen LogP contribution in [0.2, 0.25) is 0 Å². The highest BCUT2D eigenvalue weighted by Gasteiger charge is 2.55. The van der Waals surface area contributed by atoms with Gasteiger partial charge >= 0.3 is 11.9 Å². The number of ether oxygens (including phenoxy) is 2. The average Bonchev–Trinajstić information content (AvgIpc) is 4.14. The fraction of sp³-hybridized carbons (Fsp3) is 0.197. The van der Waals surface area contributed by atoms with Crippen molar-refractivity contribution in [1.29, 1.82) is 0 Å². The molecule has 0 saturated carbocycles. The summed E-state index contributed by atoms with van der Waals surface area (Å²) in [5, 5.41) is 18.9. The molecular weight excluding hydrogens is 1040 g/mol. The van der Waals surface area contributed by atoms with Gasteiger partial charge in [0, 0.05) is 29.0 Å². The van der Waals surface area contributed by atoms with Crippen molar-refractivity contribution in [3.63, 3.8) is 0 Å². The largest absolute Gasteiger partial charge is 0.461 e. The SMILES string of the molecule is CC(=O)OCC1=C(C(=O)OC(C)(C)C)N2C(=O)[C@@H](NC(=O)/C(=N\OCc3csc(NC(c4ccccc4)(c4ccccc4)c4ccccc4)n3)c3csc(NC(c4ccccc4)(c4ccccc4)c4ccccc4)n3)[C@H]2SC1. The molecule has 2 aliphatic rings. The molecule has 14 nitrogen and oxygen atoms in total. The molecule has 0 unspecified atom stereocenters. The Morgan fingerprint density at radius 3 is 1.50 bits per heavy atom. The van der Waals surface area contributed by atoms with Gasteiger partial charge in [0.15, 0.2) is 22.6 Å². The second-order valence-corrected chi connectivity index (χ2v) is 22.3. The summed E-state index contributed by atoms with van der Waals surface area (Å²) in [6.45, 7) is 6.10. The van der Waals surface area contributed by atoms with Crippen molar-refractivity contribution < 1.29 is 33.5 Å². The Morgan fingerprint density at radius 2 is 1.06 bits per heavy atom. The molecule has 6 aromatic carbocycles. The van der Waals surface area contributed by atoms with E-state index in [2.05, 4.69) is 93.9 Å². The van der Waals surface area contributed by atoms with E-state index in [1.807, 2.05) is 115 Å². The first-order valence-electron chi connectivity index (χ1n) is 25.2.